The number of piperidine rings is 1. The van der Waals surface area contributed by atoms with E-state index in [9.17, 15) is 14.7 Å². The van der Waals surface area contributed by atoms with Crippen LogP contribution in [0.1, 0.15) is 34.8 Å². The highest BCUT2D eigenvalue weighted by Gasteiger charge is 2.27. The van der Waals surface area contributed by atoms with Gasteiger partial charge in [-0.25, -0.2) is 4.79 Å². The smallest absolute Gasteiger partial charge is 0.335 e. The molecule has 2 heterocycles. The Morgan fingerprint density at radius 1 is 1.31 bits per heavy atom. The standard InChI is InChI=1S/C19H21N3O4/c1-26-12-16(23)22-9-3-6-15(11-22)18-17(20-7-8-21-18)13-4-2-5-14(10-13)19(24)25/h2,4-5,7-8,10,15H,3,6,9,11-12H2,1H3,(H,24,25)/t15-/m1/s1. The van der Waals surface area contributed by atoms with Crippen molar-refractivity contribution in [1.29, 1.82) is 0 Å². The van der Waals surface area contributed by atoms with E-state index < -0.39 is 5.97 Å². The van der Waals surface area contributed by atoms with Gasteiger partial charge in [0.15, 0.2) is 0 Å². The van der Waals surface area contributed by atoms with Crippen molar-refractivity contribution < 1.29 is 19.4 Å². The topological polar surface area (TPSA) is 92.6 Å². The zero-order valence-corrected chi connectivity index (χ0v) is 14.6. The van der Waals surface area contributed by atoms with Crippen LogP contribution in [0.25, 0.3) is 11.3 Å². The van der Waals surface area contributed by atoms with E-state index in [1.807, 2.05) is 6.07 Å². The molecular formula is C19H21N3O4. The summed E-state index contributed by atoms with van der Waals surface area (Å²) in [4.78, 5) is 34.2. The summed E-state index contributed by atoms with van der Waals surface area (Å²) in [5.74, 6) is -0.955. The van der Waals surface area contributed by atoms with E-state index >= 15 is 0 Å². The third kappa shape index (κ3) is 3.88. The fraction of sp³-hybridized carbons (Fsp3) is 0.368. The molecule has 1 aliphatic rings. The molecule has 0 spiro atoms. The van der Waals surface area contributed by atoms with Crippen LogP contribution >= 0.6 is 0 Å². The van der Waals surface area contributed by atoms with Crippen molar-refractivity contribution in [3.8, 4) is 11.3 Å². The van der Waals surface area contributed by atoms with Crippen molar-refractivity contribution >= 4 is 11.9 Å². The van der Waals surface area contributed by atoms with E-state index in [1.165, 1.54) is 7.11 Å². The Labute approximate surface area is 151 Å². The number of nitrogens with zero attached hydrogens (tertiary/aromatic N) is 3. The van der Waals surface area contributed by atoms with Gasteiger partial charge < -0.3 is 14.7 Å². The van der Waals surface area contributed by atoms with Gasteiger partial charge >= 0.3 is 5.97 Å². The highest BCUT2D eigenvalue weighted by Crippen LogP contribution is 2.32. The number of carboxylic acids is 1. The lowest BCUT2D eigenvalue weighted by Gasteiger charge is -2.33. The van der Waals surface area contributed by atoms with Crippen molar-refractivity contribution in [3.63, 3.8) is 0 Å². The number of hydrogen-bond acceptors (Lipinski definition) is 5. The second-order valence-electron chi connectivity index (χ2n) is 6.29. The molecule has 7 nitrogen and oxygen atoms in total. The molecule has 1 saturated heterocycles. The predicted molar refractivity (Wildman–Crippen MR) is 94.9 cm³/mol. The summed E-state index contributed by atoms with van der Waals surface area (Å²) in [7, 11) is 1.51. The minimum absolute atomic E-state index is 0.0319. The molecule has 0 unspecified atom stereocenters. The van der Waals surface area contributed by atoms with Gasteiger partial charge in [0, 0.05) is 44.1 Å². The Morgan fingerprint density at radius 2 is 2.12 bits per heavy atom. The van der Waals surface area contributed by atoms with E-state index in [4.69, 9.17) is 4.74 Å². The van der Waals surface area contributed by atoms with Crippen LogP contribution in [0.5, 0.6) is 0 Å². The van der Waals surface area contributed by atoms with Crippen LogP contribution in [-0.2, 0) is 9.53 Å². The zero-order chi connectivity index (χ0) is 18.5. The number of carbonyl (C=O) groups excluding carboxylic acids is 1. The number of methoxy groups -OCH3 is 1. The van der Waals surface area contributed by atoms with Crippen molar-refractivity contribution in [2.24, 2.45) is 0 Å². The highest BCUT2D eigenvalue weighted by atomic mass is 16.5. The monoisotopic (exact) mass is 355 g/mol. The molecule has 2 aromatic rings. The molecule has 3 rings (SSSR count). The first-order valence-corrected chi connectivity index (χ1v) is 8.51. The molecule has 1 aromatic heterocycles. The average Bonchev–Trinajstić information content (AvgIpc) is 2.68. The predicted octanol–water partition coefficient (Wildman–Crippen LogP) is 2.19. The average molecular weight is 355 g/mol. The summed E-state index contributed by atoms with van der Waals surface area (Å²) in [5, 5.41) is 9.23. The Balaban J connectivity index is 1.91. The normalized spacial score (nSPS) is 17.1. The van der Waals surface area contributed by atoms with Crippen LogP contribution in [0.15, 0.2) is 36.7 Å². The van der Waals surface area contributed by atoms with Crippen LogP contribution in [0.4, 0.5) is 0 Å². The van der Waals surface area contributed by atoms with Gasteiger partial charge in [-0.05, 0) is 25.0 Å². The van der Waals surface area contributed by atoms with E-state index in [0.717, 1.165) is 18.5 Å². The first kappa shape index (κ1) is 18.0. The van der Waals surface area contributed by atoms with Crippen LogP contribution in [0.2, 0.25) is 0 Å². The van der Waals surface area contributed by atoms with Gasteiger partial charge in [0.1, 0.15) is 6.61 Å². The van der Waals surface area contributed by atoms with Crippen molar-refractivity contribution in [3.05, 3.63) is 47.9 Å². The summed E-state index contributed by atoms with van der Waals surface area (Å²) in [6.45, 7) is 1.34. The minimum atomic E-state index is -0.980. The molecule has 1 atom stereocenters. The van der Waals surface area contributed by atoms with E-state index in [0.29, 0.717) is 24.3 Å². The quantitative estimate of drug-likeness (QED) is 0.884. The van der Waals surface area contributed by atoms with E-state index in [-0.39, 0.29) is 24.0 Å². The molecule has 136 valence electrons. The number of ether oxygens (including phenoxy) is 1. The first-order chi connectivity index (χ1) is 12.6. The molecule has 1 aromatic carbocycles. The summed E-state index contributed by atoms with van der Waals surface area (Å²) in [5.41, 5.74) is 2.39. The fourth-order valence-electron chi connectivity index (χ4n) is 3.31. The highest BCUT2D eigenvalue weighted by molar-refractivity contribution is 5.89. The zero-order valence-electron chi connectivity index (χ0n) is 14.6. The number of benzene rings is 1. The molecule has 1 fully saturated rings. The number of amides is 1. The third-order valence-electron chi connectivity index (χ3n) is 4.54. The molecule has 1 aliphatic heterocycles. The van der Waals surface area contributed by atoms with Gasteiger partial charge in [0.25, 0.3) is 0 Å². The van der Waals surface area contributed by atoms with Gasteiger partial charge in [-0.15, -0.1) is 0 Å². The SMILES string of the molecule is COCC(=O)N1CCC[C@@H](c2nccnc2-c2cccc(C(=O)O)c2)C1. The van der Waals surface area contributed by atoms with Gasteiger partial charge in [0.2, 0.25) is 5.91 Å². The van der Waals surface area contributed by atoms with Gasteiger partial charge in [-0.1, -0.05) is 12.1 Å². The molecule has 0 bridgehead atoms. The summed E-state index contributed by atoms with van der Waals surface area (Å²) >= 11 is 0. The number of aromatic carboxylic acids is 1. The number of rotatable bonds is 5. The van der Waals surface area contributed by atoms with Crippen LogP contribution in [0, 0.1) is 0 Å². The van der Waals surface area contributed by atoms with Gasteiger partial charge in [0.05, 0.1) is 17.0 Å². The number of carboxylic acid groups (broad SMARTS) is 1. The lowest BCUT2D eigenvalue weighted by atomic mass is 9.91. The molecule has 0 radical (unpaired) electrons. The molecule has 1 amide bonds. The maximum atomic E-state index is 12.1. The molecule has 26 heavy (non-hydrogen) atoms. The number of likely N-dealkylation sites (tertiary alicyclic amines) is 1. The van der Waals surface area contributed by atoms with Gasteiger partial charge in [-0.3, -0.25) is 14.8 Å². The van der Waals surface area contributed by atoms with Crippen LogP contribution in [0.3, 0.4) is 0 Å². The van der Waals surface area contributed by atoms with Crippen LogP contribution < -0.4 is 0 Å². The maximum Gasteiger partial charge on any atom is 0.335 e. The van der Waals surface area contributed by atoms with Crippen molar-refractivity contribution in [1.82, 2.24) is 14.9 Å². The second kappa shape index (κ2) is 8.05. The van der Waals surface area contributed by atoms with Crippen molar-refractivity contribution in [2.75, 3.05) is 26.8 Å². The molecular weight excluding hydrogens is 334 g/mol. The Morgan fingerprint density at radius 3 is 2.88 bits per heavy atom. The van der Waals surface area contributed by atoms with E-state index in [1.54, 1.807) is 35.5 Å². The third-order valence-corrected chi connectivity index (χ3v) is 4.54. The summed E-state index contributed by atoms with van der Waals surface area (Å²) in [6.07, 6.45) is 5.02. The number of hydrogen-bond donors (Lipinski definition) is 1. The van der Waals surface area contributed by atoms with Gasteiger partial charge in [-0.2, -0.15) is 0 Å². The summed E-state index contributed by atoms with van der Waals surface area (Å²) in [6, 6.07) is 6.68. The Bertz CT molecular complexity index is 809. The number of aromatic nitrogens is 2. The van der Waals surface area contributed by atoms with Crippen LogP contribution in [-0.4, -0.2) is 58.7 Å². The lowest BCUT2D eigenvalue weighted by molar-refractivity contribution is -0.136. The maximum absolute atomic E-state index is 12.1. The first-order valence-electron chi connectivity index (χ1n) is 8.51. The molecule has 1 N–H and O–H groups in total. The minimum Gasteiger partial charge on any atom is -0.478 e. The number of carbonyl (C=O) groups is 2. The Kier molecular flexibility index (Phi) is 5.58. The fourth-order valence-corrected chi connectivity index (χ4v) is 3.31. The van der Waals surface area contributed by atoms with E-state index in [2.05, 4.69) is 9.97 Å². The molecule has 0 aliphatic carbocycles. The lowest BCUT2D eigenvalue weighted by Crippen LogP contribution is -2.41. The molecule has 0 saturated carbocycles. The summed E-state index contributed by atoms with van der Waals surface area (Å²) < 4.78 is 4.95. The second-order valence-corrected chi connectivity index (χ2v) is 6.29. The Hall–Kier alpha value is -2.80. The largest absolute Gasteiger partial charge is 0.478 e. The van der Waals surface area contributed by atoms with Crippen molar-refractivity contribution in [2.45, 2.75) is 18.8 Å². The molecule has 7 heteroatoms.